The number of carbonyl (C=O) groups is 1. The predicted octanol–water partition coefficient (Wildman–Crippen LogP) is 2.63. The molecule has 2 aromatic rings. The van der Waals surface area contributed by atoms with Crippen molar-refractivity contribution >= 4 is 22.2 Å². The summed E-state index contributed by atoms with van der Waals surface area (Å²) in [5, 5.41) is 4.11. The van der Waals surface area contributed by atoms with Crippen molar-refractivity contribution in [3.8, 4) is 5.75 Å². The van der Waals surface area contributed by atoms with Crippen molar-refractivity contribution in [2.45, 2.75) is 6.42 Å². The van der Waals surface area contributed by atoms with Crippen molar-refractivity contribution in [3.63, 3.8) is 0 Å². The predicted molar refractivity (Wildman–Crippen MR) is 62.6 cm³/mol. The van der Waals surface area contributed by atoms with Gasteiger partial charge in [0.1, 0.15) is 5.00 Å². The Morgan fingerprint density at radius 3 is 2.88 bits per heavy atom. The van der Waals surface area contributed by atoms with Crippen LogP contribution in [0, 0.1) is 0 Å². The average molecular weight is 231 g/mol. The number of para-hydroxylation sites is 1. The van der Waals surface area contributed by atoms with Crippen LogP contribution in [-0.2, 0) is 11.2 Å². The number of amides is 1. The van der Waals surface area contributed by atoms with Crippen molar-refractivity contribution in [3.05, 3.63) is 47.3 Å². The lowest BCUT2D eigenvalue weighted by Crippen LogP contribution is -2.38. The second-order valence-corrected chi connectivity index (χ2v) is 4.44. The molecule has 3 nitrogen and oxygen atoms in total. The lowest BCUT2D eigenvalue weighted by Gasteiger charge is -2.26. The SMILES string of the molecule is O=C1Cc2ccccc2ON1c1cccs1. The summed E-state index contributed by atoms with van der Waals surface area (Å²) in [6, 6.07) is 11.4. The second kappa shape index (κ2) is 3.64. The van der Waals surface area contributed by atoms with E-state index in [-0.39, 0.29) is 5.91 Å². The number of carbonyl (C=O) groups excluding carboxylic acids is 1. The summed E-state index contributed by atoms with van der Waals surface area (Å²) in [6.45, 7) is 0. The van der Waals surface area contributed by atoms with Crippen molar-refractivity contribution in [1.82, 2.24) is 0 Å². The number of hydroxylamine groups is 1. The van der Waals surface area contributed by atoms with Gasteiger partial charge >= 0.3 is 0 Å². The highest BCUT2D eigenvalue weighted by Gasteiger charge is 2.26. The van der Waals surface area contributed by atoms with Gasteiger partial charge in [0.25, 0.3) is 5.91 Å². The zero-order valence-corrected chi connectivity index (χ0v) is 9.24. The fourth-order valence-electron chi connectivity index (χ4n) is 1.68. The zero-order chi connectivity index (χ0) is 11.0. The van der Waals surface area contributed by atoms with E-state index < -0.39 is 0 Å². The first-order valence-electron chi connectivity index (χ1n) is 4.97. The molecular weight excluding hydrogens is 222 g/mol. The fraction of sp³-hybridized carbons (Fsp3) is 0.0833. The molecule has 1 aliphatic heterocycles. The number of hydrogen-bond acceptors (Lipinski definition) is 3. The van der Waals surface area contributed by atoms with Gasteiger partial charge < -0.3 is 4.84 Å². The van der Waals surface area contributed by atoms with E-state index in [1.165, 1.54) is 16.4 Å². The van der Waals surface area contributed by atoms with Crippen LogP contribution in [0.2, 0.25) is 0 Å². The number of benzene rings is 1. The summed E-state index contributed by atoms with van der Waals surface area (Å²) in [4.78, 5) is 17.4. The molecule has 1 amide bonds. The standard InChI is InChI=1S/C12H9NO2S/c14-11-8-9-4-1-2-5-10(9)15-13(11)12-6-3-7-16-12/h1-7H,8H2. The van der Waals surface area contributed by atoms with Crippen LogP contribution in [0.25, 0.3) is 0 Å². The van der Waals surface area contributed by atoms with E-state index in [2.05, 4.69) is 0 Å². The lowest BCUT2D eigenvalue weighted by molar-refractivity contribution is -0.123. The molecule has 0 N–H and O–H groups in total. The van der Waals surface area contributed by atoms with E-state index in [1.54, 1.807) is 0 Å². The number of hydrogen-bond donors (Lipinski definition) is 0. The van der Waals surface area contributed by atoms with E-state index in [4.69, 9.17) is 4.84 Å². The lowest BCUT2D eigenvalue weighted by atomic mass is 10.1. The first-order valence-corrected chi connectivity index (χ1v) is 5.85. The molecule has 0 saturated carbocycles. The Bertz CT molecular complexity index is 522. The third kappa shape index (κ3) is 1.47. The number of thiophene rings is 1. The molecular formula is C12H9NO2S. The highest BCUT2D eigenvalue weighted by Crippen LogP contribution is 2.30. The first kappa shape index (κ1) is 9.42. The molecule has 0 unspecified atom stereocenters. The molecule has 4 heteroatoms. The maximum atomic E-state index is 11.9. The Morgan fingerprint density at radius 2 is 2.06 bits per heavy atom. The van der Waals surface area contributed by atoms with Crippen LogP contribution in [0.15, 0.2) is 41.8 Å². The Labute approximate surface area is 96.8 Å². The highest BCUT2D eigenvalue weighted by atomic mass is 32.1. The summed E-state index contributed by atoms with van der Waals surface area (Å²) in [6.07, 6.45) is 0.397. The third-order valence-electron chi connectivity index (χ3n) is 2.44. The van der Waals surface area contributed by atoms with E-state index in [0.29, 0.717) is 6.42 Å². The van der Waals surface area contributed by atoms with E-state index in [1.807, 2.05) is 41.8 Å². The smallest absolute Gasteiger partial charge is 0.265 e. The van der Waals surface area contributed by atoms with Gasteiger partial charge in [-0.05, 0) is 23.6 Å². The molecule has 80 valence electrons. The molecule has 1 aliphatic rings. The van der Waals surface area contributed by atoms with Crippen molar-refractivity contribution in [1.29, 1.82) is 0 Å². The summed E-state index contributed by atoms with van der Waals surface area (Å²) >= 11 is 1.49. The average Bonchev–Trinajstić information content (AvgIpc) is 2.81. The summed E-state index contributed by atoms with van der Waals surface area (Å²) in [5.74, 6) is 0.733. The Kier molecular flexibility index (Phi) is 2.15. The monoisotopic (exact) mass is 231 g/mol. The van der Waals surface area contributed by atoms with E-state index >= 15 is 0 Å². The number of nitrogens with zero attached hydrogens (tertiary/aromatic N) is 1. The normalized spacial score (nSPS) is 14.5. The number of rotatable bonds is 1. The van der Waals surface area contributed by atoms with Gasteiger partial charge in [-0.3, -0.25) is 4.79 Å². The molecule has 0 bridgehead atoms. The highest BCUT2D eigenvalue weighted by molar-refractivity contribution is 7.14. The van der Waals surface area contributed by atoms with Gasteiger partial charge in [-0.2, -0.15) is 0 Å². The van der Waals surface area contributed by atoms with Gasteiger partial charge in [0, 0.05) is 5.56 Å². The van der Waals surface area contributed by atoms with Gasteiger partial charge in [-0.25, -0.2) is 0 Å². The Hall–Kier alpha value is -1.81. The Balaban J connectivity index is 1.98. The molecule has 0 fully saturated rings. The minimum absolute atomic E-state index is 0.0267. The Morgan fingerprint density at radius 1 is 1.19 bits per heavy atom. The van der Waals surface area contributed by atoms with Crippen LogP contribution in [0.5, 0.6) is 5.75 Å². The minimum Gasteiger partial charge on any atom is -0.371 e. The molecule has 0 radical (unpaired) electrons. The second-order valence-electron chi connectivity index (χ2n) is 3.52. The molecule has 3 rings (SSSR count). The third-order valence-corrected chi connectivity index (χ3v) is 3.27. The quantitative estimate of drug-likeness (QED) is 0.755. The van der Waals surface area contributed by atoms with Crippen LogP contribution in [0.1, 0.15) is 5.56 Å². The molecule has 2 heterocycles. The van der Waals surface area contributed by atoms with Gasteiger partial charge in [-0.15, -0.1) is 16.4 Å². The van der Waals surface area contributed by atoms with Crippen molar-refractivity contribution in [2.75, 3.05) is 5.06 Å². The van der Waals surface area contributed by atoms with Crippen LogP contribution in [0.4, 0.5) is 5.00 Å². The molecule has 0 aliphatic carbocycles. The van der Waals surface area contributed by atoms with E-state index in [0.717, 1.165) is 16.3 Å². The maximum absolute atomic E-state index is 11.9. The molecule has 0 saturated heterocycles. The topological polar surface area (TPSA) is 29.5 Å². The number of anilines is 1. The van der Waals surface area contributed by atoms with Crippen LogP contribution < -0.4 is 9.90 Å². The van der Waals surface area contributed by atoms with Crippen molar-refractivity contribution < 1.29 is 9.63 Å². The molecule has 16 heavy (non-hydrogen) atoms. The summed E-state index contributed by atoms with van der Waals surface area (Å²) in [7, 11) is 0. The van der Waals surface area contributed by atoms with Crippen molar-refractivity contribution in [2.24, 2.45) is 0 Å². The summed E-state index contributed by atoms with van der Waals surface area (Å²) in [5.41, 5.74) is 0.945. The van der Waals surface area contributed by atoms with Gasteiger partial charge in [-0.1, -0.05) is 18.2 Å². The van der Waals surface area contributed by atoms with Gasteiger partial charge in [0.15, 0.2) is 5.75 Å². The van der Waals surface area contributed by atoms with Crippen LogP contribution in [0.3, 0.4) is 0 Å². The fourth-order valence-corrected chi connectivity index (χ4v) is 2.36. The van der Waals surface area contributed by atoms with E-state index in [9.17, 15) is 4.79 Å². The maximum Gasteiger partial charge on any atom is 0.265 e. The first-order chi connectivity index (χ1) is 7.84. The number of fused-ring (bicyclic) bond motifs is 1. The minimum atomic E-state index is -0.0267. The molecule has 1 aromatic carbocycles. The largest absolute Gasteiger partial charge is 0.371 e. The van der Waals surface area contributed by atoms with Gasteiger partial charge in [0.2, 0.25) is 0 Å². The van der Waals surface area contributed by atoms with Crippen LogP contribution >= 0.6 is 11.3 Å². The molecule has 0 spiro atoms. The molecule has 1 aromatic heterocycles. The van der Waals surface area contributed by atoms with Crippen LogP contribution in [-0.4, -0.2) is 5.91 Å². The zero-order valence-electron chi connectivity index (χ0n) is 8.42. The van der Waals surface area contributed by atoms with Gasteiger partial charge in [0.05, 0.1) is 6.42 Å². The molecule has 0 atom stereocenters. The summed E-state index contributed by atoms with van der Waals surface area (Å²) < 4.78 is 0.